The molecule has 0 saturated carbocycles. The molecular formula is C27H36N2O2. The fraction of sp³-hybridized carbons (Fsp3) is 0.593. The van der Waals surface area contributed by atoms with E-state index >= 15 is 0 Å². The number of nitrogens with zero attached hydrogens (tertiary/aromatic N) is 2. The van der Waals surface area contributed by atoms with Crippen molar-refractivity contribution >= 4 is 11.7 Å². The van der Waals surface area contributed by atoms with Crippen LogP contribution in [0, 0.1) is 31.1 Å². The summed E-state index contributed by atoms with van der Waals surface area (Å²) in [6.45, 7) is 13.9. The number of esters is 1. The first-order chi connectivity index (χ1) is 14.9. The zero-order chi connectivity index (χ0) is 21.8. The number of hydrogen-bond acceptors (Lipinski definition) is 4. The molecule has 2 aliphatic heterocycles. The first-order valence-corrected chi connectivity index (χ1v) is 12.0. The molecule has 0 radical (unpaired) electrons. The van der Waals surface area contributed by atoms with Gasteiger partial charge in [-0.3, -0.25) is 9.69 Å². The van der Waals surface area contributed by atoms with Crippen LogP contribution in [0.15, 0.2) is 41.5 Å². The van der Waals surface area contributed by atoms with E-state index in [0.717, 1.165) is 45.6 Å². The molecule has 2 saturated heterocycles. The van der Waals surface area contributed by atoms with Crippen molar-refractivity contribution in [2.75, 3.05) is 37.6 Å². The number of fused-ring (bicyclic) bond motifs is 2. The zero-order valence-electron chi connectivity index (χ0n) is 19.5. The Morgan fingerprint density at radius 3 is 2.68 bits per heavy atom. The van der Waals surface area contributed by atoms with Crippen LogP contribution in [0.1, 0.15) is 44.2 Å². The quantitative estimate of drug-likeness (QED) is 0.666. The lowest BCUT2D eigenvalue weighted by atomic mass is 9.62. The summed E-state index contributed by atoms with van der Waals surface area (Å²) in [5, 5.41) is 0. The molecule has 2 aliphatic carbocycles. The maximum atomic E-state index is 12.9. The van der Waals surface area contributed by atoms with Crippen LogP contribution in [0.25, 0.3) is 0 Å². The number of piperazine rings is 1. The molecule has 31 heavy (non-hydrogen) atoms. The highest BCUT2D eigenvalue weighted by atomic mass is 16.6. The smallest absolute Gasteiger partial charge is 0.311 e. The van der Waals surface area contributed by atoms with E-state index in [0.29, 0.717) is 0 Å². The summed E-state index contributed by atoms with van der Waals surface area (Å²) in [5.41, 5.74) is 7.15. The molecule has 2 heterocycles. The Balaban J connectivity index is 1.28. The Labute approximate surface area is 186 Å². The summed E-state index contributed by atoms with van der Waals surface area (Å²) < 4.78 is 5.95. The topological polar surface area (TPSA) is 32.8 Å². The predicted octanol–water partition coefficient (Wildman–Crippen LogP) is 4.66. The Hall–Kier alpha value is -2.07. The number of aryl methyl sites for hydroxylation is 1. The fourth-order valence-corrected chi connectivity index (χ4v) is 6.37. The molecule has 0 spiro atoms. The van der Waals surface area contributed by atoms with E-state index < -0.39 is 0 Å². The van der Waals surface area contributed by atoms with Crippen LogP contribution in [0.3, 0.4) is 0 Å². The van der Waals surface area contributed by atoms with Gasteiger partial charge >= 0.3 is 5.97 Å². The van der Waals surface area contributed by atoms with Crippen LogP contribution in [-0.4, -0.2) is 49.7 Å². The number of benzene rings is 1. The number of ether oxygens (including phenoxy) is 1. The highest BCUT2D eigenvalue weighted by Gasteiger charge is 2.51. The van der Waals surface area contributed by atoms with Crippen molar-refractivity contribution in [2.24, 2.45) is 17.3 Å². The molecule has 0 aromatic heterocycles. The van der Waals surface area contributed by atoms with E-state index in [1.807, 2.05) is 0 Å². The van der Waals surface area contributed by atoms with Gasteiger partial charge in [-0.05, 0) is 68.2 Å². The molecule has 0 amide bonds. The molecular weight excluding hydrogens is 384 g/mol. The third-order valence-electron chi connectivity index (χ3n) is 8.44. The SMILES string of the molecule is CC1=CCC[C@@]2(C)C[C@@H]3OC(=O)[C@@H](CN4CCN(c5cccc(C)c5C)CC4)[C@H]3C=C12. The summed E-state index contributed by atoms with van der Waals surface area (Å²) in [6, 6.07) is 6.58. The van der Waals surface area contributed by atoms with Crippen LogP contribution in [-0.2, 0) is 9.53 Å². The normalized spacial score (nSPS) is 33.4. The minimum atomic E-state index is -0.0240. The molecule has 0 unspecified atom stereocenters. The Morgan fingerprint density at radius 1 is 1.13 bits per heavy atom. The molecule has 5 rings (SSSR count). The van der Waals surface area contributed by atoms with Gasteiger partial charge in [0.05, 0.1) is 5.92 Å². The van der Waals surface area contributed by atoms with Gasteiger partial charge in [-0.25, -0.2) is 0 Å². The van der Waals surface area contributed by atoms with Crippen LogP contribution >= 0.6 is 0 Å². The summed E-state index contributed by atoms with van der Waals surface area (Å²) in [7, 11) is 0. The molecule has 4 nitrogen and oxygen atoms in total. The van der Waals surface area contributed by atoms with Crippen LogP contribution < -0.4 is 4.90 Å². The largest absolute Gasteiger partial charge is 0.461 e. The van der Waals surface area contributed by atoms with Gasteiger partial charge in [0.2, 0.25) is 0 Å². The second-order valence-corrected chi connectivity index (χ2v) is 10.4. The van der Waals surface area contributed by atoms with Gasteiger partial charge in [0, 0.05) is 44.3 Å². The third-order valence-corrected chi connectivity index (χ3v) is 8.44. The van der Waals surface area contributed by atoms with Gasteiger partial charge < -0.3 is 9.64 Å². The van der Waals surface area contributed by atoms with E-state index in [4.69, 9.17) is 4.74 Å². The van der Waals surface area contributed by atoms with Crippen LogP contribution in [0.5, 0.6) is 0 Å². The van der Waals surface area contributed by atoms with Gasteiger partial charge in [0.25, 0.3) is 0 Å². The number of anilines is 1. The summed E-state index contributed by atoms with van der Waals surface area (Å²) >= 11 is 0. The van der Waals surface area contributed by atoms with Gasteiger partial charge in [0.15, 0.2) is 0 Å². The number of rotatable bonds is 3. The lowest BCUT2D eigenvalue weighted by Crippen LogP contribution is -2.49. The molecule has 0 N–H and O–H groups in total. The Morgan fingerprint density at radius 2 is 1.90 bits per heavy atom. The molecule has 4 atom stereocenters. The van der Waals surface area contributed by atoms with Gasteiger partial charge in [-0.1, -0.05) is 36.8 Å². The average molecular weight is 421 g/mol. The summed E-state index contributed by atoms with van der Waals surface area (Å²) in [5.74, 6) is 0.228. The molecule has 0 bridgehead atoms. The van der Waals surface area contributed by atoms with Crippen LogP contribution in [0.4, 0.5) is 5.69 Å². The van der Waals surface area contributed by atoms with Crippen molar-refractivity contribution in [3.8, 4) is 0 Å². The average Bonchev–Trinajstić information content (AvgIpc) is 3.03. The molecule has 4 heteroatoms. The molecule has 1 aromatic rings. The van der Waals surface area contributed by atoms with Gasteiger partial charge in [-0.15, -0.1) is 0 Å². The van der Waals surface area contributed by atoms with Crippen molar-refractivity contribution in [1.29, 1.82) is 0 Å². The number of carbonyl (C=O) groups excluding carboxylic acids is 1. The molecule has 1 aromatic carbocycles. The third kappa shape index (κ3) is 3.63. The van der Waals surface area contributed by atoms with E-state index in [2.05, 4.69) is 67.8 Å². The summed E-state index contributed by atoms with van der Waals surface area (Å²) in [4.78, 5) is 17.8. The maximum Gasteiger partial charge on any atom is 0.311 e. The van der Waals surface area contributed by atoms with E-state index in [1.54, 1.807) is 0 Å². The number of allylic oxidation sites excluding steroid dienone is 3. The van der Waals surface area contributed by atoms with E-state index in [1.165, 1.54) is 34.4 Å². The van der Waals surface area contributed by atoms with Crippen molar-refractivity contribution in [2.45, 2.75) is 53.1 Å². The molecule has 4 aliphatic rings. The maximum absolute atomic E-state index is 12.9. The highest BCUT2D eigenvalue weighted by Crippen LogP contribution is 2.52. The monoisotopic (exact) mass is 420 g/mol. The fourth-order valence-electron chi connectivity index (χ4n) is 6.37. The van der Waals surface area contributed by atoms with E-state index in [-0.39, 0.29) is 29.3 Å². The van der Waals surface area contributed by atoms with Crippen LogP contribution in [0.2, 0.25) is 0 Å². The predicted molar refractivity (Wildman–Crippen MR) is 125 cm³/mol. The first-order valence-electron chi connectivity index (χ1n) is 12.0. The second-order valence-electron chi connectivity index (χ2n) is 10.4. The van der Waals surface area contributed by atoms with Gasteiger partial charge in [-0.2, -0.15) is 0 Å². The lowest BCUT2D eigenvalue weighted by Gasteiger charge is -2.43. The van der Waals surface area contributed by atoms with Gasteiger partial charge in [0.1, 0.15) is 6.10 Å². The van der Waals surface area contributed by atoms with E-state index in [9.17, 15) is 4.79 Å². The lowest BCUT2D eigenvalue weighted by molar-refractivity contribution is -0.145. The molecule has 2 fully saturated rings. The van der Waals surface area contributed by atoms with Crippen molar-refractivity contribution in [1.82, 2.24) is 4.90 Å². The van der Waals surface area contributed by atoms with Crippen molar-refractivity contribution in [3.63, 3.8) is 0 Å². The van der Waals surface area contributed by atoms with Crippen molar-refractivity contribution in [3.05, 3.63) is 52.6 Å². The summed E-state index contributed by atoms with van der Waals surface area (Å²) in [6.07, 6.45) is 8.14. The number of hydrogen-bond donors (Lipinski definition) is 0. The minimum Gasteiger partial charge on any atom is -0.461 e. The standard InChI is InChI=1S/C27H36N2O2/c1-18-7-5-9-24(20(18)3)29-13-11-28(12-14-29)17-22-21-15-23-19(2)8-6-10-27(23,4)16-25(21)31-26(22)30/h5,7-9,15,21-22,25H,6,10-14,16-17H2,1-4H3/t21-,22+,25+,27+/m1/s1. The van der Waals surface area contributed by atoms with Crippen molar-refractivity contribution < 1.29 is 9.53 Å². The zero-order valence-corrected chi connectivity index (χ0v) is 19.5. The highest BCUT2D eigenvalue weighted by molar-refractivity contribution is 5.76. The first kappa shape index (κ1) is 20.8. The Kier molecular flexibility index (Phi) is 5.24. The molecule has 166 valence electrons. The number of carbonyl (C=O) groups is 1. The minimum absolute atomic E-state index is 0.0210. The second kappa shape index (κ2) is 7.81. The Bertz CT molecular complexity index is 941.